The second-order valence-electron chi connectivity index (χ2n) is 21.8. The highest BCUT2D eigenvalue weighted by molar-refractivity contribution is 5.99. The van der Waals surface area contributed by atoms with Crippen LogP contribution in [-0.4, -0.2) is 187 Å². The number of hydrogen-bond acceptors (Lipinski definition) is 18. The van der Waals surface area contributed by atoms with E-state index in [2.05, 4.69) is 65.4 Å². The van der Waals surface area contributed by atoms with Gasteiger partial charge >= 0.3 is 0 Å². The molecule has 29 nitrogen and oxygen atoms in total. The first kappa shape index (κ1) is 74.2. The highest BCUT2D eigenvalue weighted by Gasteiger charge is 2.37. The van der Waals surface area contributed by atoms with E-state index >= 15 is 0 Å². The van der Waals surface area contributed by atoms with Gasteiger partial charge in [0.1, 0.15) is 60.4 Å². The van der Waals surface area contributed by atoms with E-state index in [0.717, 1.165) is 32.1 Å². The van der Waals surface area contributed by atoms with Crippen LogP contribution in [0.4, 0.5) is 0 Å². The van der Waals surface area contributed by atoms with Crippen molar-refractivity contribution in [1.82, 2.24) is 58.5 Å². The van der Waals surface area contributed by atoms with Crippen LogP contribution in [0, 0.1) is 5.92 Å². The first-order valence-corrected chi connectivity index (χ1v) is 29.7. The fourth-order valence-electron chi connectivity index (χ4n) is 9.20. The zero-order chi connectivity index (χ0) is 63.6. The quantitative estimate of drug-likeness (QED) is 0.0321. The molecule has 480 valence electrons. The lowest BCUT2D eigenvalue weighted by molar-refractivity contribution is -0.137. The van der Waals surface area contributed by atoms with Crippen molar-refractivity contribution in [2.45, 2.75) is 204 Å². The zero-order valence-electron chi connectivity index (χ0n) is 50.0. The summed E-state index contributed by atoms with van der Waals surface area (Å²) in [6, 6.07) is -6.22. The molecule has 2 rings (SSSR count). The van der Waals surface area contributed by atoms with E-state index in [-0.39, 0.29) is 90.0 Å². The molecule has 0 saturated carbocycles. The largest absolute Gasteiger partial charge is 0.391 e. The fourth-order valence-corrected chi connectivity index (χ4v) is 9.20. The Kier molecular flexibility index (Phi) is 35.3. The molecule has 1 heterocycles. The van der Waals surface area contributed by atoms with Crippen LogP contribution in [0.3, 0.4) is 0 Å². The monoisotopic (exact) mass is 1200 g/mol. The predicted molar refractivity (Wildman–Crippen MR) is 316 cm³/mol. The number of nitrogens with two attached hydrogens (primary N) is 5. The van der Waals surface area contributed by atoms with E-state index in [9.17, 15) is 63.0 Å². The van der Waals surface area contributed by atoms with Crippen LogP contribution in [-0.2, 0) is 59.2 Å². The topological polar surface area (TPSA) is 491 Å². The Morgan fingerprint density at radius 3 is 1.55 bits per heavy atom. The van der Waals surface area contributed by atoms with Crippen LogP contribution in [0.25, 0.3) is 0 Å². The van der Waals surface area contributed by atoms with Crippen LogP contribution in [0.5, 0.6) is 0 Å². The third kappa shape index (κ3) is 27.4. The Morgan fingerprint density at radius 1 is 0.553 bits per heavy atom. The van der Waals surface area contributed by atoms with Gasteiger partial charge in [0.15, 0.2) is 0 Å². The number of benzene rings is 1. The summed E-state index contributed by atoms with van der Waals surface area (Å²) >= 11 is 0. The molecule has 29 heteroatoms. The zero-order valence-corrected chi connectivity index (χ0v) is 50.0. The molecule has 0 radical (unpaired) electrons. The van der Waals surface area contributed by atoms with E-state index in [1.54, 1.807) is 44.2 Å². The van der Waals surface area contributed by atoms with Crippen molar-refractivity contribution in [2.75, 3.05) is 39.3 Å². The molecule has 1 aromatic carbocycles. The number of rotatable bonds is 30. The number of carbonyl (C=O) groups is 11. The van der Waals surface area contributed by atoms with Crippen LogP contribution in [0.15, 0.2) is 30.3 Å². The van der Waals surface area contributed by atoms with Gasteiger partial charge in [-0.2, -0.15) is 0 Å². The molecule has 0 aliphatic carbocycles. The Morgan fingerprint density at radius 2 is 1.04 bits per heavy atom. The van der Waals surface area contributed by atoms with Crippen molar-refractivity contribution in [1.29, 1.82) is 0 Å². The van der Waals surface area contributed by atoms with Gasteiger partial charge in [-0.15, -0.1) is 0 Å². The smallest absolute Gasteiger partial charge is 0.245 e. The first-order chi connectivity index (χ1) is 40.4. The minimum Gasteiger partial charge on any atom is -0.391 e. The van der Waals surface area contributed by atoms with Gasteiger partial charge in [-0.05, 0) is 109 Å². The van der Waals surface area contributed by atoms with Crippen LogP contribution >= 0.6 is 0 Å². The van der Waals surface area contributed by atoms with Crippen molar-refractivity contribution in [3.63, 3.8) is 0 Å². The molecule has 0 aromatic heterocycles. The summed E-state index contributed by atoms with van der Waals surface area (Å²) in [4.78, 5) is 154. The molecule has 11 amide bonds. The number of hydrogen-bond donors (Lipinski definition) is 18. The molecule has 0 spiro atoms. The number of nitrogens with one attached hydrogen (secondary N) is 11. The summed E-state index contributed by atoms with van der Waals surface area (Å²) in [6.07, 6.45) is 1.21. The lowest BCUT2D eigenvalue weighted by Gasteiger charge is -2.29. The first-order valence-electron chi connectivity index (χ1n) is 29.7. The summed E-state index contributed by atoms with van der Waals surface area (Å²) in [7, 11) is 0. The fraction of sp³-hybridized carbons (Fsp3) is 0.696. The summed E-state index contributed by atoms with van der Waals surface area (Å²) < 4.78 is 0. The van der Waals surface area contributed by atoms with Gasteiger partial charge in [-0.25, -0.2) is 0 Å². The molecule has 1 fully saturated rings. The van der Waals surface area contributed by atoms with E-state index in [1.807, 2.05) is 0 Å². The Labute approximate surface area is 498 Å². The SMILES string of the molecule is CCCCCCCCC(=O)N[C@@H](CCN)C(=O)N[C@H](C(=O)N[C@@H](CCN)C(=O)N[C@H]1CCNC(=O)[C@H]([C@@H](C)O)NC(=O)[C@H](CCN)NC(=O)[C@H](CCN)NC(=O)[C@H](CC(C)C)NC(=O)[C@@H](Cc2ccccc2)NC(=O)[C@H](CCN)NC1=O)[C@@H](C)O. The van der Waals surface area contributed by atoms with Gasteiger partial charge < -0.3 is 97.4 Å². The Hall–Kier alpha value is -6.89. The second kappa shape index (κ2) is 40.4. The molecule has 85 heavy (non-hydrogen) atoms. The van der Waals surface area contributed by atoms with E-state index in [1.165, 1.54) is 13.8 Å². The normalized spacial score (nSPS) is 22.5. The van der Waals surface area contributed by atoms with E-state index < -0.39 is 151 Å². The number of unbranched alkanes of at least 4 members (excludes halogenated alkanes) is 5. The second-order valence-corrected chi connectivity index (χ2v) is 21.8. The van der Waals surface area contributed by atoms with E-state index in [0.29, 0.717) is 12.0 Å². The summed E-state index contributed by atoms with van der Waals surface area (Å²) in [5.74, 6) is -9.93. The number of amides is 11. The average molecular weight is 1200 g/mol. The molecule has 1 saturated heterocycles. The molecule has 1 aromatic rings. The van der Waals surface area contributed by atoms with E-state index in [4.69, 9.17) is 28.7 Å². The van der Waals surface area contributed by atoms with Crippen molar-refractivity contribution in [3.05, 3.63) is 35.9 Å². The van der Waals surface area contributed by atoms with Gasteiger partial charge in [0.25, 0.3) is 0 Å². The standard InChI is InChI=1S/C56H98N16O13/c1-6-7-8-9-10-14-17-44(75)63-36(18-24-57)51(80)72-46(34(5)74)56(85)68-39(21-27-60)48(77)67-41-23-29-62-55(84)45(33(4)73)71-52(81)40(22-28-61)65-47(76)37(19-25-58)66-53(82)42(30-32(2)3)69-54(83)43(31-35-15-12-11-13-16-35)70-49(78)38(20-26-59)64-50(41)79/h11-13,15-16,32-34,36-43,45-46,73-74H,6-10,14,17-31,57-61H2,1-5H3,(H,62,84)(H,63,75)(H,64,79)(H,65,76)(H,66,82)(H,67,77)(H,68,85)(H,69,83)(H,70,78)(H,71,81)(H,72,80)/t33-,34-,36+,37+,38+,39+,40+,41+,42+,43-,45+,46+/m1/s1. The lowest BCUT2D eigenvalue weighted by Crippen LogP contribution is -2.62. The maximum atomic E-state index is 14.5. The maximum Gasteiger partial charge on any atom is 0.245 e. The van der Waals surface area contributed by atoms with Gasteiger partial charge in [0, 0.05) is 19.4 Å². The van der Waals surface area contributed by atoms with Crippen molar-refractivity contribution < 1.29 is 63.0 Å². The lowest BCUT2D eigenvalue weighted by atomic mass is 10.00. The molecule has 23 N–H and O–H groups in total. The Balaban J connectivity index is 2.67. The maximum absolute atomic E-state index is 14.5. The Bertz CT molecular complexity index is 2300. The van der Waals surface area contributed by atoms with Gasteiger partial charge in [0.2, 0.25) is 65.0 Å². The molecule has 12 atom stereocenters. The number of aliphatic hydroxyl groups excluding tert-OH is 2. The molecule has 1 aliphatic rings. The number of aliphatic hydroxyl groups is 2. The van der Waals surface area contributed by atoms with Crippen LogP contribution in [0.2, 0.25) is 0 Å². The third-order valence-electron chi connectivity index (χ3n) is 14.0. The highest BCUT2D eigenvalue weighted by Crippen LogP contribution is 2.12. The summed E-state index contributed by atoms with van der Waals surface area (Å²) in [5, 5.41) is 49.7. The molecular formula is C56H98N16O13. The van der Waals surface area contributed by atoms with Crippen molar-refractivity contribution >= 4 is 65.0 Å². The van der Waals surface area contributed by atoms with Crippen molar-refractivity contribution in [2.24, 2.45) is 34.6 Å². The molecule has 0 bridgehead atoms. The van der Waals surface area contributed by atoms with Gasteiger partial charge in [0.05, 0.1) is 12.2 Å². The molecule has 0 unspecified atom stereocenters. The highest BCUT2D eigenvalue weighted by atomic mass is 16.3. The summed E-state index contributed by atoms with van der Waals surface area (Å²) in [5.41, 5.74) is 29.9. The third-order valence-corrected chi connectivity index (χ3v) is 14.0. The average Bonchev–Trinajstić information content (AvgIpc) is 3.66. The predicted octanol–water partition coefficient (Wildman–Crippen LogP) is -5.10. The molecule has 1 aliphatic heterocycles. The van der Waals surface area contributed by atoms with Gasteiger partial charge in [-0.1, -0.05) is 83.2 Å². The summed E-state index contributed by atoms with van der Waals surface area (Å²) in [6.45, 7) is 6.91. The van der Waals surface area contributed by atoms with Gasteiger partial charge in [-0.3, -0.25) is 52.7 Å². The molecular weight excluding hydrogens is 1100 g/mol. The minimum absolute atomic E-state index is 0.0137. The van der Waals surface area contributed by atoms with Crippen molar-refractivity contribution in [3.8, 4) is 0 Å². The minimum atomic E-state index is -1.70. The number of carbonyl (C=O) groups excluding carboxylic acids is 11. The van der Waals surface area contributed by atoms with Crippen LogP contribution in [0.1, 0.15) is 130 Å². The van der Waals surface area contributed by atoms with Crippen LogP contribution < -0.4 is 87.2 Å².